The quantitative estimate of drug-likeness (QED) is 0.799. The van der Waals surface area contributed by atoms with Gasteiger partial charge in [0.05, 0.1) is 10.2 Å². The molecule has 0 radical (unpaired) electrons. The van der Waals surface area contributed by atoms with Gasteiger partial charge in [-0.25, -0.2) is 9.97 Å². The molecule has 5 heteroatoms. The van der Waals surface area contributed by atoms with Gasteiger partial charge in [-0.05, 0) is 30.3 Å². The maximum atomic E-state index is 4.67. The lowest BCUT2D eigenvalue weighted by Crippen LogP contribution is -2.09. The number of rotatable bonds is 3. The molecule has 0 aliphatic rings. The second-order valence-electron chi connectivity index (χ2n) is 4.75. The molecule has 2 aromatic heterocycles. The molecule has 1 N–H and O–H groups in total. The average Bonchev–Trinajstić information content (AvgIpc) is 2.90. The van der Waals surface area contributed by atoms with E-state index in [0.717, 1.165) is 27.6 Å². The van der Waals surface area contributed by atoms with Gasteiger partial charge >= 0.3 is 0 Å². The first-order valence-corrected chi connectivity index (χ1v) is 7.21. The Hall–Kier alpha value is -2.14. The highest BCUT2D eigenvalue weighted by atomic mass is 32.1. The summed E-state index contributed by atoms with van der Waals surface area (Å²) in [5, 5.41) is 4.15. The van der Waals surface area contributed by atoms with Gasteiger partial charge in [-0.2, -0.15) is 0 Å². The van der Waals surface area contributed by atoms with Gasteiger partial charge in [-0.15, -0.1) is 11.3 Å². The molecule has 4 nitrogen and oxygen atoms in total. The third-order valence-corrected chi connectivity index (χ3v) is 4.20. The van der Waals surface area contributed by atoms with E-state index in [9.17, 15) is 0 Å². The van der Waals surface area contributed by atoms with Gasteiger partial charge in [0, 0.05) is 38.6 Å². The number of anilines is 2. The van der Waals surface area contributed by atoms with E-state index in [-0.39, 0.29) is 0 Å². The van der Waals surface area contributed by atoms with Crippen molar-refractivity contribution in [3.05, 3.63) is 36.5 Å². The van der Waals surface area contributed by atoms with E-state index < -0.39 is 0 Å². The van der Waals surface area contributed by atoms with E-state index in [1.807, 2.05) is 50.4 Å². The number of pyridine rings is 1. The highest BCUT2D eigenvalue weighted by Gasteiger charge is 2.07. The van der Waals surface area contributed by atoms with Crippen LogP contribution in [-0.4, -0.2) is 31.1 Å². The lowest BCUT2D eigenvalue weighted by Gasteiger charge is -2.10. The molecule has 0 aliphatic carbocycles. The van der Waals surface area contributed by atoms with Crippen molar-refractivity contribution in [3.63, 3.8) is 0 Å². The monoisotopic (exact) mass is 284 g/mol. The Morgan fingerprint density at radius 3 is 2.65 bits per heavy atom. The summed E-state index contributed by atoms with van der Waals surface area (Å²) in [5.41, 5.74) is 3.19. The molecule has 1 aromatic carbocycles. The van der Waals surface area contributed by atoms with Crippen LogP contribution >= 0.6 is 11.3 Å². The van der Waals surface area contributed by atoms with Crippen molar-refractivity contribution in [2.75, 3.05) is 31.4 Å². The molecule has 2 heterocycles. The third-order valence-electron chi connectivity index (χ3n) is 3.13. The second kappa shape index (κ2) is 5.09. The molecule has 0 unspecified atom stereocenters. The Kier molecular flexibility index (Phi) is 3.28. The largest absolute Gasteiger partial charge is 0.388 e. The SMILES string of the molecule is CNc1ccc2nc(-c3ccc(N(C)C)nc3)sc2c1. The zero-order valence-electron chi connectivity index (χ0n) is 11.7. The van der Waals surface area contributed by atoms with Crippen LogP contribution in [0.25, 0.3) is 20.8 Å². The maximum Gasteiger partial charge on any atom is 0.127 e. The number of thiazole rings is 1. The molecule has 102 valence electrons. The van der Waals surface area contributed by atoms with Gasteiger partial charge in [0.2, 0.25) is 0 Å². The molecule has 0 spiro atoms. The normalized spacial score (nSPS) is 10.8. The fraction of sp³-hybridized carbons (Fsp3) is 0.200. The van der Waals surface area contributed by atoms with Crippen molar-refractivity contribution < 1.29 is 0 Å². The van der Waals surface area contributed by atoms with Gasteiger partial charge in [-0.3, -0.25) is 0 Å². The molecular weight excluding hydrogens is 268 g/mol. The minimum atomic E-state index is 0.951. The zero-order valence-corrected chi connectivity index (χ0v) is 12.5. The molecule has 0 saturated heterocycles. The van der Waals surface area contributed by atoms with Crippen LogP contribution in [0.15, 0.2) is 36.5 Å². The van der Waals surface area contributed by atoms with Gasteiger partial charge in [0.25, 0.3) is 0 Å². The molecule has 0 amide bonds. The predicted octanol–water partition coefficient (Wildman–Crippen LogP) is 3.47. The van der Waals surface area contributed by atoms with Crippen LogP contribution in [0.3, 0.4) is 0 Å². The minimum absolute atomic E-state index is 0.951. The molecular formula is C15H16N4S. The van der Waals surface area contributed by atoms with Crippen LogP contribution in [0.1, 0.15) is 0 Å². The molecule has 20 heavy (non-hydrogen) atoms. The van der Waals surface area contributed by atoms with Crippen LogP contribution in [0.5, 0.6) is 0 Å². The summed E-state index contributed by atoms with van der Waals surface area (Å²) in [6.45, 7) is 0. The van der Waals surface area contributed by atoms with Gasteiger partial charge < -0.3 is 10.2 Å². The molecule has 0 bridgehead atoms. The fourth-order valence-electron chi connectivity index (χ4n) is 1.98. The number of benzene rings is 1. The molecule has 3 rings (SSSR count). The van der Waals surface area contributed by atoms with E-state index in [0.29, 0.717) is 0 Å². The first-order chi connectivity index (χ1) is 9.67. The molecule has 3 aromatic rings. The van der Waals surface area contributed by atoms with E-state index >= 15 is 0 Å². The van der Waals surface area contributed by atoms with Gasteiger partial charge in [0.15, 0.2) is 0 Å². The highest BCUT2D eigenvalue weighted by molar-refractivity contribution is 7.21. The summed E-state index contributed by atoms with van der Waals surface area (Å²) in [4.78, 5) is 11.1. The molecule has 0 aliphatic heterocycles. The lowest BCUT2D eigenvalue weighted by molar-refractivity contribution is 1.07. The van der Waals surface area contributed by atoms with Crippen LogP contribution in [0.2, 0.25) is 0 Å². The van der Waals surface area contributed by atoms with Gasteiger partial charge in [-0.1, -0.05) is 0 Å². The molecule has 0 atom stereocenters. The fourth-order valence-corrected chi connectivity index (χ4v) is 2.98. The van der Waals surface area contributed by atoms with E-state index in [4.69, 9.17) is 0 Å². The summed E-state index contributed by atoms with van der Waals surface area (Å²) in [6.07, 6.45) is 1.88. The number of fused-ring (bicyclic) bond motifs is 1. The molecule has 0 fully saturated rings. The zero-order chi connectivity index (χ0) is 14.1. The average molecular weight is 284 g/mol. The smallest absolute Gasteiger partial charge is 0.127 e. The van der Waals surface area contributed by atoms with Crippen LogP contribution in [0, 0.1) is 0 Å². The number of hydrogen-bond acceptors (Lipinski definition) is 5. The first kappa shape index (κ1) is 12.9. The van der Waals surface area contributed by atoms with E-state index in [1.54, 1.807) is 11.3 Å². The number of hydrogen-bond donors (Lipinski definition) is 1. The van der Waals surface area contributed by atoms with Crippen molar-refractivity contribution >= 4 is 33.1 Å². The van der Waals surface area contributed by atoms with Crippen molar-refractivity contribution in [2.24, 2.45) is 0 Å². The van der Waals surface area contributed by atoms with Gasteiger partial charge in [0.1, 0.15) is 10.8 Å². The topological polar surface area (TPSA) is 41.1 Å². The summed E-state index contributed by atoms with van der Waals surface area (Å²) in [6, 6.07) is 10.3. The summed E-state index contributed by atoms with van der Waals surface area (Å²) < 4.78 is 1.18. The summed E-state index contributed by atoms with van der Waals surface area (Å²) in [7, 11) is 5.89. The number of aromatic nitrogens is 2. The maximum absolute atomic E-state index is 4.67. The third kappa shape index (κ3) is 2.32. The Bertz CT molecular complexity index is 731. The Morgan fingerprint density at radius 2 is 2.00 bits per heavy atom. The van der Waals surface area contributed by atoms with Crippen molar-refractivity contribution in [1.29, 1.82) is 0 Å². The standard InChI is InChI=1S/C15H16N4S/c1-16-11-5-6-12-13(8-11)20-15(18-12)10-4-7-14(17-9-10)19(2)3/h4-9,16H,1-3H3. The Labute approximate surface area is 122 Å². The predicted molar refractivity (Wildman–Crippen MR) is 86.7 cm³/mol. The Balaban J connectivity index is 2.01. The number of nitrogens with one attached hydrogen (secondary N) is 1. The van der Waals surface area contributed by atoms with E-state index in [2.05, 4.69) is 27.4 Å². The van der Waals surface area contributed by atoms with Crippen molar-refractivity contribution in [3.8, 4) is 10.6 Å². The van der Waals surface area contributed by atoms with Crippen LogP contribution in [0.4, 0.5) is 11.5 Å². The first-order valence-electron chi connectivity index (χ1n) is 6.39. The highest BCUT2D eigenvalue weighted by Crippen LogP contribution is 2.31. The van der Waals surface area contributed by atoms with Crippen molar-refractivity contribution in [2.45, 2.75) is 0 Å². The van der Waals surface area contributed by atoms with E-state index in [1.165, 1.54) is 4.70 Å². The number of nitrogens with zero attached hydrogens (tertiary/aromatic N) is 3. The molecule has 0 saturated carbocycles. The second-order valence-corrected chi connectivity index (χ2v) is 5.78. The Morgan fingerprint density at radius 1 is 1.15 bits per heavy atom. The minimum Gasteiger partial charge on any atom is -0.388 e. The van der Waals surface area contributed by atoms with Crippen molar-refractivity contribution in [1.82, 2.24) is 9.97 Å². The summed E-state index contributed by atoms with van der Waals surface area (Å²) >= 11 is 1.69. The summed E-state index contributed by atoms with van der Waals surface area (Å²) in [5.74, 6) is 0.951. The lowest BCUT2D eigenvalue weighted by atomic mass is 10.3. The van der Waals surface area contributed by atoms with Crippen LogP contribution < -0.4 is 10.2 Å². The van der Waals surface area contributed by atoms with Crippen LogP contribution in [-0.2, 0) is 0 Å².